The maximum atomic E-state index is 12.4. The SMILES string of the molecule is COc1cc(OC)nc(OCCOC(=O)c2ccc3oc(C)cc3c2C(=O)O)n1. The summed E-state index contributed by atoms with van der Waals surface area (Å²) in [6.07, 6.45) is 0. The lowest BCUT2D eigenvalue weighted by molar-refractivity contribution is 0.0436. The Hall–Kier alpha value is -3.82. The number of ether oxygens (including phenoxy) is 4. The second-order valence-corrected chi connectivity index (χ2v) is 5.78. The van der Waals surface area contributed by atoms with Gasteiger partial charge in [-0.3, -0.25) is 0 Å². The molecule has 0 aliphatic heterocycles. The van der Waals surface area contributed by atoms with Gasteiger partial charge in [0.1, 0.15) is 24.6 Å². The first kappa shape index (κ1) is 19.9. The number of methoxy groups -OCH3 is 2. The summed E-state index contributed by atoms with van der Waals surface area (Å²) >= 11 is 0. The normalized spacial score (nSPS) is 10.6. The number of carbonyl (C=O) groups is 2. The van der Waals surface area contributed by atoms with E-state index >= 15 is 0 Å². The molecule has 0 saturated carbocycles. The average Bonchev–Trinajstić information content (AvgIpc) is 3.09. The zero-order valence-corrected chi connectivity index (χ0v) is 15.9. The Kier molecular flexibility index (Phi) is 5.82. The van der Waals surface area contributed by atoms with Crippen LogP contribution in [0.4, 0.5) is 0 Å². The first-order valence-corrected chi connectivity index (χ1v) is 8.46. The smallest absolute Gasteiger partial charge is 0.339 e. The predicted octanol–water partition coefficient (Wildman–Crippen LogP) is 2.48. The Balaban J connectivity index is 1.67. The molecule has 0 spiro atoms. The van der Waals surface area contributed by atoms with Crippen molar-refractivity contribution in [3.8, 4) is 17.8 Å². The maximum Gasteiger partial charge on any atom is 0.339 e. The van der Waals surface area contributed by atoms with Crippen LogP contribution >= 0.6 is 0 Å². The van der Waals surface area contributed by atoms with E-state index in [0.717, 1.165) is 0 Å². The number of aromatic nitrogens is 2. The molecule has 10 nitrogen and oxygen atoms in total. The van der Waals surface area contributed by atoms with Gasteiger partial charge >= 0.3 is 17.9 Å². The van der Waals surface area contributed by atoms with Gasteiger partial charge in [0.15, 0.2) is 0 Å². The van der Waals surface area contributed by atoms with Gasteiger partial charge in [0.05, 0.1) is 31.4 Å². The second kappa shape index (κ2) is 8.46. The van der Waals surface area contributed by atoms with Crippen LogP contribution in [0.15, 0.2) is 28.7 Å². The molecule has 0 aliphatic carbocycles. The van der Waals surface area contributed by atoms with Crippen LogP contribution in [0.3, 0.4) is 0 Å². The Morgan fingerprint density at radius 2 is 1.76 bits per heavy atom. The number of nitrogens with zero attached hydrogens (tertiary/aromatic N) is 2. The fraction of sp³-hybridized carbons (Fsp3) is 0.263. The summed E-state index contributed by atoms with van der Waals surface area (Å²) in [7, 11) is 2.87. The average molecular weight is 402 g/mol. The molecule has 152 valence electrons. The molecule has 0 radical (unpaired) electrons. The molecule has 2 aromatic heterocycles. The van der Waals surface area contributed by atoms with Gasteiger partial charge < -0.3 is 28.5 Å². The quantitative estimate of drug-likeness (QED) is 0.443. The Bertz CT molecular complexity index is 1040. The number of esters is 1. The van der Waals surface area contributed by atoms with Crippen LogP contribution in [-0.2, 0) is 4.74 Å². The monoisotopic (exact) mass is 402 g/mol. The third-order valence-electron chi connectivity index (χ3n) is 3.88. The highest BCUT2D eigenvalue weighted by Crippen LogP contribution is 2.26. The van der Waals surface area contributed by atoms with E-state index in [1.807, 2.05) is 0 Å². The molecule has 0 aliphatic rings. The highest BCUT2D eigenvalue weighted by molar-refractivity contribution is 6.11. The summed E-state index contributed by atoms with van der Waals surface area (Å²) in [5.41, 5.74) is 0.125. The molecule has 0 saturated heterocycles. The van der Waals surface area contributed by atoms with Crippen molar-refractivity contribution < 1.29 is 38.1 Å². The Morgan fingerprint density at radius 3 is 2.38 bits per heavy atom. The zero-order chi connectivity index (χ0) is 21.0. The summed E-state index contributed by atoms with van der Waals surface area (Å²) < 4.78 is 25.9. The third-order valence-corrected chi connectivity index (χ3v) is 3.88. The first-order chi connectivity index (χ1) is 13.9. The van der Waals surface area contributed by atoms with E-state index in [2.05, 4.69) is 9.97 Å². The summed E-state index contributed by atoms with van der Waals surface area (Å²) in [6.45, 7) is 1.48. The van der Waals surface area contributed by atoms with E-state index in [-0.39, 0.29) is 42.1 Å². The van der Waals surface area contributed by atoms with Gasteiger partial charge in [-0.05, 0) is 25.1 Å². The number of benzene rings is 1. The van der Waals surface area contributed by atoms with Crippen molar-refractivity contribution in [2.24, 2.45) is 0 Å². The molecular weight excluding hydrogens is 384 g/mol. The highest BCUT2D eigenvalue weighted by Gasteiger charge is 2.22. The van der Waals surface area contributed by atoms with Gasteiger partial charge in [0.25, 0.3) is 0 Å². The molecule has 0 bridgehead atoms. The number of carbonyl (C=O) groups excluding carboxylic acids is 1. The van der Waals surface area contributed by atoms with Gasteiger partial charge in [-0.2, -0.15) is 9.97 Å². The number of rotatable bonds is 8. The lowest BCUT2D eigenvalue weighted by atomic mass is 10.0. The molecule has 3 aromatic rings. The molecule has 0 unspecified atom stereocenters. The minimum atomic E-state index is -1.25. The summed E-state index contributed by atoms with van der Waals surface area (Å²) in [5, 5.41) is 9.86. The van der Waals surface area contributed by atoms with Crippen LogP contribution in [0.2, 0.25) is 0 Å². The molecule has 2 heterocycles. The number of carboxylic acids is 1. The summed E-state index contributed by atoms with van der Waals surface area (Å²) in [5.74, 6) is -1.01. The van der Waals surface area contributed by atoms with Crippen molar-refractivity contribution in [2.75, 3.05) is 27.4 Å². The topological polar surface area (TPSA) is 130 Å². The molecule has 0 fully saturated rings. The van der Waals surface area contributed by atoms with Crippen molar-refractivity contribution in [1.82, 2.24) is 9.97 Å². The van der Waals surface area contributed by atoms with Crippen molar-refractivity contribution in [3.05, 3.63) is 41.2 Å². The molecule has 0 amide bonds. The predicted molar refractivity (Wildman–Crippen MR) is 98.8 cm³/mol. The van der Waals surface area contributed by atoms with Crippen molar-refractivity contribution >= 4 is 22.9 Å². The van der Waals surface area contributed by atoms with Crippen LogP contribution in [0.5, 0.6) is 17.8 Å². The molecule has 10 heteroatoms. The Morgan fingerprint density at radius 1 is 1.07 bits per heavy atom. The number of hydrogen-bond acceptors (Lipinski definition) is 9. The molecule has 29 heavy (non-hydrogen) atoms. The van der Waals surface area contributed by atoms with E-state index < -0.39 is 11.9 Å². The van der Waals surface area contributed by atoms with Crippen LogP contribution in [0.1, 0.15) is 26.5 Å². The van der Waals surface area contributed by atoms with E-state index in [0.29, 0.717) is 16.7 Å². The van der Waals surface area contributed by atoms with Crippen LogP contribution in [0, 0.1) is 6.92 Å². The molecular formula is C19H18N2O8. The van der Waals surface area contributed by atoms with Crippen LogP contribution in [-0.4, -0.2) is 54.4 Å². The van der Waals surface area contributed by atoms with Gasteiger partial charge in [-0.1, -0.05) is 0 Å². The number of aryl methyl sites for hydroxylation is 1. The Labute approximate surface area is 165 Å². The number of furan rings is 1. The lowest BCUT2D eigenvalue weighted by Gasteiger charge is -2.09. The van der Waals surface area contributed by atoms with Gasteiger partial charge in [-0.25, -0.2) is 9.59 Å². The largest absolute Gasteiger partial charge is 0.481 e. The number of hydrogen-bond donors (Lipinski definition) is 1. The first-order valence-electron chi connectivity index (χ1n) is 8.46. The molecule has 1 N–H and O–H groups in total. The fourth-order valence-electron chi connectivity index (χ4n) is 2.64. The zero-order valence-electron chi connectivity index (χ0n) is 15.9. The van der Waals surface area contributed by atoms with Gasteiger partial charge in [0.2, 0.25) is 11.8 Å². The van der Waals surface area contributed by atoms with Gasteiger partial charge in [-0.15, -0.1) is 0 Å². The van der Waals surface area contributed by atoms with Crippen molar-refractivity contribution in [2.45, 2.75) is 6.92 Å². The van der Waals surface area contributed by atoms with Gasteiger partial charge in [0, 0.05) is 5.39 Å². The molecule has 0 atom stereocenters. The molecule has 3 rings (SSSR count). The van der Waals surface area contributed by atoms with Crippen LogP contribution < -0.4 is 14.2 Å². The third kappa shape index (κ3) is 4.37. The van der Waals surface area contributed by atoms with E-state index in [4.69, 9.17) is 23.4 Å². The lowest BCUT2D eigenvalue weighted by Crippen LogP contribution is -2.16. The van der Waals surface area contributed by atoms with Crippen LogP contribution in [0.25, 0.3) is 11.0 Å². The van der Waals surface area contributed by atoms with E-state index in [1.165, 1.54) is 32.4 Å². The standard InChI is InChI=1S/C19H18N2O8/c1-10-8-12-13(29-10)5-4-11(16(12)17(22)23)18(24)27-6-7-28-19-20-14(25-2)9-15(21-19)26-3/h4-5,8-9H,6-7H2,1-3H3,(H,22,23). The number of carboxylic acid groups (broad SMARTS) is 1. The fourth-order valence-corrected chi connectivity index (χ4v) is 2.64. The highest BCUT2D eigenvalue weighted by atomic mass is 16.6. The number of fused-ring (bicyclic) bond motifs is 1. The van der Waals surface area contributed by atoms with E-state index in [1.54, 1.807) is 13.0 Å². The minimum absolute atomic E-state index is 0.0150. The van der Waals surface area contributed by atoms with Crippen molar-refractivity contribution in [3.63, 3.8) is 0 Å². The maximum absolute atomic E-state index is 12.4. The van der Waals surface area contributed by atoms with E-state index in [9.17, 15) is 14.7 Å². The van der Waals surface area contributed by atoms with Crippen molar-refractivity contribution in [1.29, 1.82) is 0 Å². The molecule has 1 aromatic carbocycles. The summed E-state index contributed by atoms with van der Waals surface area (Å²) in [4.78, 5) is 32.0. The second-order valence-electron chi connectivity index (χ2n) is 5.78. The number of aromatic carboxylic acids is 1. The minimum Gasteiger partial charge on any atom is -0.481 e. The summed E-state index contributed by atoms with van der Waals surface area (Å²) in [6, 6.07) is 5.91.